The van der Waals surface area contributed by atoms with Gasteiger partial charge >= 0.3 is 0 Å². The molecule has 2 fully saturated rings. The molecule has 0 amide bonds. The highest BCUT2D eigenvalue weighted by Gasteiger charge is 2.30. The summed E-state index contributed by atoms with van der Waals surface area (Å²) in [7, 11) is 0. The first-order valence-corrected chi connectivity index (χ1v) is 14.7. The number of rotatable bonds is 8. The lowest BCUT2D eigenvalue weighted by Gasteiger charge is -2.29. The molecular formula is C32H38Cl2N2O3S. The van der Waals surface area contributed by atoms with Gasteiger partial charge in [-0.1, -0.05) is 18.6 Å². The number of fused-ring (bicyclic) bond motifs is 1. The molecule has 4 aromatic rings. The van der Waals surface area contributed by atoms with Gasteiger partial charge in [0.1, 0.15) is 23.9 Å². The van der Waals surface area contributed by atoms with Gasteiger partial charge in [0.15, 0.2) is 0 Å². The lowest BCUT2D eigenvalue weighted by Crippen LogP contribution is -2.33. The summed E-state index contributed by atoms with van der Waals surface area (Å²) in [5.74, 6) is 1.47. The molecule has 3 aromatic carbocycles. The number of hydrogen-bond donors (Lipinski definition) is 2. The molecule has 0 radical (unpaired) electrons. The Labute approximate surface area is 253 Å². The number of piperidine rings is 1. The molecule has 5 nitrogen and oxygen atoms in total. The standard InChI is InChI=1S/C32H36N2O3S.2ClH/c35-25-10-6-24(7-11-25)32-30(28-15-12-26(36)22-29(28)38-32)31(34-18-4-5-19-34)23-8-13-27(14-9-23)37-21-20-33-16-2-1-3-17-33;;/h6-15,22,31,35-36H,1-5,16-21H2;2*1H. The molecular weight excluding hydrogens is 563 g/mol. The van der Waals surface area contributed by atoms with Crippen molar-refractivity contribution in [3.63, 3.8) is 0 Å². The van der Waals surface area contributed by atoms with Crippen LogP contribution < -0.4 is 4.74 Å². The van der Waals surface area contributed by atoms with Gasteiger partial charge in [0, 0.05) is 21.7 Å². The number of phenols is 2. The van der Waals surface area contributed by atoms with Crippen LogP contribution in [0.1, 0.15) is 49.3 Å². The second-order valence-corrected chi connectivity index (χ2v) is 11.6. The van der Waals surface area contributed by atoms with Gasteiger partial charge in [-0.2, -0.15) is 0 Å². The molecule has 2 aliphatic heterocycles. The van der Waals surface area contributed by atoms with Crippen LogP contribution in [0.2, 0.25) is 0 Å². The van der Waals surface area contributed by atoms with Gasteiger partial charge in [-0.05, 0) is 123 Å². The number of phenolic OH excluding ortho intramolecular Hbond substituents is 2. The number of hydrogen-bond acceptors (Lipinski definition) is 6. The number of nitrogens with zero attached hydrogens (tertiary/aromatic N) is 2. The van der Waals surface area contributed by atoms with E-state index in [0.717, 1.165) is 42.3 Å². The smallest absolute Gasteiger partial charge is 0.119 e. The number of halogens is 2. The first-order valence-electron chi connectivity index (χ1n) is 13.9. The zero-order chi connectivity index (χ0) is 25.9. The van der Waals surface area contributed by atoms with Gasteiger partial charge in [0.25, 0.3) is 0 Å². The first-order chi connectivity index (χ1) is 18.7. The van der Waals surface area contributed by atoms with Gasteiger partial charge in [-0.25, -0.2) is 0 Å². The Balaban J connectivity index is 0.00000185. The summed E-state index contributed by atoms with van der Waals surface area (Å²) in [6.45, 7) is 6.21. The van der Waals surface area contributed by atoms with Crippen molar-refractivity contribution in [1.29, 1.82) is 0 Å². The summed E-state index contributed by atoms with van der Waals surface area (Å²) >= 11 is 1.71. The van der Waals surface area contributed by atoms with Crippen LogP contribution in [0.25, 0.3) is 20.5 Å². The number of ether oxygens (including phenoxy) is 1. The average molecular weight is 602 g/mol. The Kier molecular flexibility index (Phi) is 10.6. The quantitative estimate of drug-likeness (QED) is 0.215. The summed E-state index contributed by atoms with van der Waals surface area (Å²) in [5.41, 5.74) is 3.61. The number of aromatic hydroxyl groups is 2. The molecule has 2 saturated heterocycles. The monoisotopic (exact) mass is 600 g/mol. The first kappa shape index (κ1) is 30.5. The Morgan fingerprint density at radius 1 is 0.750 bits per heavy atom. The molecule has 0 saturated carbocycles. The van der Waals surface area contributed by atoms with Crippen LogP contribution in [-0.4, -0.2) is 59.3 Å². The second kappa shape index (κ2) is 13.9. The lowest BCUT2D eigenvalue weighted by molar-refractivity contribution is 0.183. The average Bonchev–Trinajstić information content (AvgIpc) is 3.60. The highest BCUT2D eigenvalue weighted by Crippen LogP contribution is 2.47. The molecule has 0 spiro atoms. The minimum atomic E-state index is 0. The summed E-state index contributed by atoms with van der Waals surface area (Å²) in [6.07, 6.45) is 6.36. The van der Waals surface area contributed by atoms with Crippen molar-refractivity contribution >= 4 is 46.2 Å². The van der Waals surface area contributed by atoms with E-state index in [2.05, 4.69) is 40.1 Å². The van der Waals surface area contributed by atoms with E-state index in [1.165, 1.54) is 66.6 Å². The maximum atomic E-state index is 10.2. The molecule has 1 atom stereocenters. The third kappa shape index (κ3) is 6.69. The minimum absolute atomic E-state index is 0. The molecule has 1 unspecified atom stereocenters. The van der Waals surface area contributed by atoms with Crippen molar-refractivity contribution < 1.29 is 14.9 Å². The fraction of sp³-hybridized carbons (Fsp3) is 0.375. The molecule has 3 heterocycles. The van der Waals surface area contributed by atoms with E-state index >= 15 is 0 Å². The van der Waals surface area contributed by atoms with Gasteiger partial charge in [-0.3, -0.25) is 9.80 Å². The maximum Gasteiger partial charge on any atom is 0.119 e. The van der Waals surface area contributed by atoms with Crippen molar-refractivity contribution in [3.05, 3.63) is 77.9 Å². The molecule has 214 valence electrons. The Morgan fingerprint density at radius 3 is 2.10 bits per heavy atom. The van der Waals surface area contributed by atoms with E-state index in [1.807, 2.05) is 18.2 Å². The summed E-state index contributed by atoms with van der Waals surface area (Å²) in [6, 6.07) is 22.0. The summed E-state index contributed by atoms with van der Waals surface area (Å²) < 4.78 is 7.22. The number of thiophene rings is 1. The van der Waals surface area contributed by atoms with Crippen molar-refractivity contribution in [3.8, 4) is 27.7 Å². The molecule has 1 aromatic heterocycles. The van der Waals surface area contributed by atoms with Crippen LogP contribution in [0, 0.1) is 0 Å². The maximum absolute atomic E-state index is 10.2. The van der Waals surface area contributed by atoms with Crippen molar-refractivity contribution in [2.45, 2.75) is 38.1 Å². The predicted octanol–water partition coefficient (Wildman–Crippen LogP) is 7.87. The van der Waals surface area contributed by atoms with Crippen molar-refractivity contribution in [2.24, 2.45) is 0 Å². The van der Waals surface area contributed by atoms with E-state index in [0.29, 0.717) is 0 Å². The third-order valence-corrected chi connectivity index (χ3v) is 9.16. The van der Waals surface area contributed by atoms with Gasteiger partial charge in [0.2, 0.25) is 0 Å². The minimum Gasteiger partial charge on any atom is -0.508 e. The SMILES string of the molecule is Cl.Cl.Oc1ccc(-c2sc3cc(O)ccc3c2C(c2ccc(OCCN3CCCCC3)cc2)N2CCCC2)cc1. The largest absolute Gasteiger partial charge is 0.508 e. The topological polar surface area (TPSA) is 56.2 Å². The van der Waals surface area contributed by atoms with Crippen LogP contribution in [0.4, 0.5) is 0 Å². The highest BCUT2D eigenvalue weighted by molar-refractivity contribution is 7.22. The van der Waals surface area contributed by atoms with Crippen LogP contribution >= 0.6 is 36.2 Å². The van der Waals surface area contributed by atoms with E-state index < -0.39 is 0 Å². The van der Waals surface area contributed by atoms with E-state index in [-0.39, 0.29) is 42.4 Å². The van der Waals surface area contributed by atoms with Crippen LogP contribution in [0.15, 0.2) is 66.7 Å². The van der Waals surface area contributed by atoms with E-state index in [1.54, 1.807) is 29.5 Å². The molecule has 2 aliphatic rings. The Bertz CT molecular complexity index is 1370. The van der Waals surface area contributed by atoms with Crippen LogP contribution in [-0.2, 0) is 0 Å². The fourth-order valence-electron chi connectivity index (χ4n) is 5.99. The molecule has 6 rings (SSSR count). The Morgan fingerprint density at radius 2 is 1.40 bits per heavy atom. The zero-order valence-corrected chi connectivity index (χ0v) is 25.1. The fourth-order valence-corrected chi connectivity index (χ4v) is 7.26. The number of benzene rings is 3. The lowest BCUT2D eigenvalue weighted by atomic mass is 9.92. The van der Waals surface area contributed by atoms with Gasteiger partial charge < -0.3 is 14.9 Å². The Hall–Kier alpha value is -2.48. The molecule has 40 heavy (non-hydrogen) atoms. The third-order valence-electron chi connectivity index (χ3n) is 7.94. The van der Waals surface area contributed by atoms with Crippen LogP contribution in [0.3, 0.4) is 0 Å². The summed E-state index contributed by atoms with van der Waals surface area (Å²) in [4.78, 5) is 6.28. The van der Waals surface area contributed by atoms with Crippen LogP contribution in [0.5, 0.6) is 17.2 Å². The molecule has 8 heteroatoms. The van der Waals surface area contributed by atoms with E-state index in [4.69, 9.17) is 4.74 Å². The van der Waals surface area contributed by atoms with Gasteiger partial charge in [-0.15, -0.1) is 36.2 Å². The van der Waals surface area contributed by atoms with Gasteiger partial charge in [0.05, 0.1) is 6.04 Å². The zero-order valence-electron chi connectivity index (χ0n) is 22.6. The van der Waals surface area contributed by atoms with E-state index in [9.17, 15) is 10.2 Å². The molecule has 0 bridgehead atoms. The normalized spacial score (nSPS) is 16.8. The molecule has 2 N–H and O–H groups in total. The van der Waals surface area contributed by atoms with Crippen molar-refractivity contribution in [1.82, 2.24) is 9.80 Å². The second-order valence-electron chi connectivity index (χ2n) is 10.5. The molecule has 0 aliphatic carbocycles. The van der Waals surface area contributed by atoms with Crippen molar-refractivity contribution in [2.75, 3.05) is 39.3 Å². The highest BCUT2D eigenvalue weighted by atomic mass is 35.5. The predicted molar refractivity (Wildman–Crippen MR) is 170 cm³/mol. The number of likely N-dealkylation sites (tertiary alicyclic amines) is 2. The summed E-state index contributed by atoms with van der Waals surface area (Å²) in [5, 5.41) is 21.3.